The molecule has 3 N–H and O–H groups in total. The molecule has 104 valence electrons. The van der Waals surface area contributed by atoms with Crippen molar-refractivity contribution in [3.05, 3.63) is 29.6 Å². The van der Waals surface area contributed by atoms with E-state index in [2.05, 4.69) is 10.6 Å². The first-order valence-corrected chi connectivity index (χ1v) is 6.00. The summed E-state index contributed by atoms with van der Waals surface area (Å²) in [4.78, 5) is 22.2. The smallest absolute Gasteiger partial charge is 0.338 e. The van der Waals surface area contributed by atoms with Crippen LogP contribution >= 0.6 is 0 Å². The molecule has 0 fully saturated rings. The van der Waals surface area contributed by atoms with E-state index in [1.165, 1.54) is 6.07 Å². The lowest BCUT2D eigenvalue weighted by atomic mass is 10.2. The summed E-state index contributed by atoms with van der Waals surface area (Å²) in [5.41, 5.74) is -0.186. The quantitative estimate of drug-likeness (QED) is 0.735. The van der Waals surface area contributed by atoms with E-state index >= 15 is 0 Å². The summed E-state index contributed by atoms with van der Waals surface area (Å²) < 4.78 is 13.4. The Balaban J connectivity index is 2.60. The topological polar surface area (TPSA) is 78.4 Å². The molecule has 0 bridgehead atoms. The first kappa shape index (κ1) is 15.1. The number of hydrogen-bond donors (Lipinski definition) is 3. The number of halogens is 1. The van der Waals surface area contributed by atoms with Gasteiger partial charge in [-0.05, 0) is 31.5 Å². The summed E-state index contributed by atoms with van der Waals surface area (Å²) in [6.45, 7) is 4.07. The first-order valence-electron chi connectivity index (χ1n) is 6.00. The van der Waals surface area contributed by atoms with Crippen LogP contribution in [0, 0.1) is 5.82 Å². The summed E-state index contributed by atoms with van der Waals surface area (Å²) in [6, 6.07) is 3.69. The van der Waals surface area contributed by atoms with E-state index in [4.69, 9.17) is 5.11 Å². The van der Waals surface area contributed by atoms with Crippen molar-refractivity contribution in [2.24, 2.45) is 0 Å². The van der Waals surface area contributed by atoms with Crippen LogP contribution in [-0.4, -0.2) is 29.6 Å². The van der Waals surface area contributed by atoms with Crippen molar-refractivity contribution < 1.29 is 19.1 Å². The molecule has 19 heavy (non-hydrogen) atoms. The minimum atomic E-state index is -1.34. The van der Waals surface area contributed by atoms with Crippen molar-refractivity contribution >= 4 is 17.6 Å². The SMILES string of the molecule is CCC(C)NCC(=O)Nc1ccc(C(=O)O)c(F)c1. The highest BCUT2D eigenvalue weighted by Crippen LogP contribution is 2.14. The van der Waals surface area contributed by atoms with Gasteiger partial charge in [0.15, 0.2) is 0 Å². The standard InChI is InChI=1S/C13H17FN2O3/c1-3-8(2)15-7-12(17)16-9-4-5-10(13(18)19)11(14)6-9/h4-6,8,15H,3,7H2,1-2H3,(H,16,17)(H,18,19). The molecule has 1 unspecified atom stereocenters. The zero-order valence-electron chi connectivity index (χ0n) is 10.9. The molecule has 0 spiro atoms. The number of hydrogen-bond acceptors (Lipinski definition) is 3. The summed E-state index contributed by atoms with van der Waals surface area (Å²) >= 11 is 0. The van der Waals surface area contributed by atoms with Crippen LogP contribution in [-0.2, 0) is 4.79 Å². The number of carboxylic acid groups (broad SMARTS) is 1. The van der Waals surface area contributed by atoms with Gasteiger partial charge in [-0.2, -0.15) is 0 Å². The van der Waals surface area contributed by atoms with Crippen molar-refractivity contribution in [2.75, 3.05) is 11.9 Å². The first-order chi connectivity index (χ1) is 8.93. The zero-order valence-corrected chi connectivity index (χ0v) is 10.9. The molecular weight excluding hydrogens is 251 g/mol. The fourth-order valence-electron chi connectivity index (χ4n) is 1.38. The Bertz CT molecular complexity index is 477. The highest BCUT2D eigenvalue weighted by atomic mass is 19.1. The van der Waals surface area contributed by atoms with Crippen molar-refractivity contribution in [2.45, 2.75) is 26.3 Å². The predicted octanol–water partition coefficient (Wildman–Crippen LogP) is 1.85. The number of carbonyl (C=O) groups excluding carboxylic acids is 1. The number of benzene rings is 1. The van der Waals surface area contributed by atoms with Crippen LogP contribution in [0.1, 0.15) is 30.6 Å². The van der Waals surface area contributed by atoms with Crippen molar-refractivity contribution in [3.8, 4) is 0 Å². The molecule has 1 aromatic carbocycles. The number of aromatic carboxylic acids is 1. The Hall–Kier alpha value is -1.95. The molecule has 1 aromatic rings. The maximum atomic E-state index is 13.4. The number of carbonyl (C=O) groups is 2. The van der Waals surface area contributed by atoms with Crippen LogP contribution in [0.4, 0.5) is 10.1 Å². The average Bonchev–Trinajstić information content (AvgIpc) is 2.35. The summed E-state index contributed by atoms with van der Waals surface area (Å²) in [7, 11) is 0. The minimum Gasteiger partial charge on any atom is -0.478 e. The third-order valence-electron chi connectivity index (χ3n) is 2.71. The van der Waals surface area contributed by atoms with E-state index < -0.39 is 17.3 Å². The molecule has 0 aliphatic rings. The summed E-state index contributed by atoms with van der Waals surface area (Å²) in [6.07, 6.45) is 0.898. The maximum Gasteiger partial charge on any atom is 0.338 e. The average molecular weight is 268 g/mol. The Morgan fingerprint density at radius 1 is 1.42 bits per heavy atom. The summed E-state index contributed by atoms with van der Waals surface area (Å²) in [5, 5.41) is 14.2. The molecule has 0 aliphatic heterocycles. The van der Waals surface area contributed by atoms with Crippen molar-refractivity contribution in [1.29, 1.82) is 0 Å². The molecule has 0 aliphatic carbocycles. The fraction of sp³-hybridized carbons (Fsp3) is 0.385. The number of rotatable bonds is 6. The predicted molar refractivity (Wildman–Crippen MR) is 69.7 cm³/mol. The molecule has 0 radical (unpaired) electrons. The molecule has 0 saturated heterocycles. The fourth-order valence-corrected chi connectivity index (χ4v) is 1.38. The highest BCUT2D eigenvalue weighted by molar-refractivity contribution is 5.93. The van der Waals surface area contributed by atoms with Gasteiger partial charge in [-0.25, -0.2) is 9.18 Å². The Kier molecular flexibility index (Phi) is 5.44. The zero-order chi connectivity index (χ0) is 14.4. The largest absolute Gasteiger partial charge is 0.478 e. The molecule has 6 heteroatoms. The highest BCUT2D eigenvalue weighted by Gasteiger charge is 2.11. The van der Waals surface area contributed by atoms with Crippen LogP contribution in [0.2, 0.25) is 0 Å². The summed E-state index contributed by atoms with van der Waals surface area (Å²) in [5.74, 6) is -2.52. The number of amides is 1. The van der Waals surface area contributed by atoms with Gasteiger partial charge in [-0.15, -0.1) is 0 Å². The van der Waals surface area contributed by atoms with Crippen LogP contribution in [0.3, 0.4) is 0 Å². The van der Waals surface area contributed by atoms with E-state index in [0.717, 1.165) is 18.6 Å². The van der Waals surface area contributed by atoms with E-state index in [0.29, 0.717) is 0 Å². The molecule has 1 atom stereocenters. The van der Waals surface area contributed by atoms with E-state index in [1.807, 2.05) is 13.8 Å². The van der Waals surface area contributed by atoms with Gasteiger partial charge in [0.2, 0.25) is 5.91 Å². The second kappa shape index (κ2) is 6.84. The van der Waals surface area contributed by atoms with Crippen molar-refractivity contribution in [3.63, 3.8) is 0 Å². The van der Waals surface area contributed by atoms with Crippen LogP contribution in [0.15, 0.2) is 18.2 Å². The Morgan fingerprint density at radius 3 is 2.63 bits per heavy atom. The molecule has 1 rings (SSSR count). The van der Waals surface area contributed by atoms with Gasteiger partial charge in [0.25, 0.3) is 0 Å². The normalized spacial score (nSPS) is 11.9. The van der Waals surface area contributed by atoms with Gasteiger partial charge in [-0.3, -0.25) is 4.79 Å². The number of anilines is 1. The third-order valence-corrected chi connectivity index (χ3v) is 2.71. The van der Waals surface area contributed by atoms with Gasteiger partial charge >= 0.3 is 5.97 Å². The lowest BCUT2D eigenvalue weighted by Crippen LogP contribution is -2.34. The molecule has 5 nitrogen and oxygen atoms in total. The van der Waals surface area contributed by atoms with Gasteiger partial charge in [0.05, 0.1) is 12.1 Å². The monoisotopic (exact) mass is 268 g/mol. The molecule has 1 amide bonds. The lowest BCUT2D eigenvalue weighted by molar-refractivity contribution is -0.115. The lowest BCUT2D eigenvalue weighted by Gasteiger charge is -2.11. The van der Waals surface area contributed by atoms with Gasteiger partial charge in [0.1, 0.15) is 5.82 Å². The second-order valence-corrected chi connectivity index (χ2v) is 4.24. The van der Waals surface area contributed by atoms with Gasteiger partial charge < -0.3 is 15.7 Å². The van der Waals surface area contributed by atoms with Crippen molar-refractivity contribution in [1.82, 2.24) is 5.32 Å². The van der Waals surface area contributed by atoms with Gasteiger partial charge in [-0.1, -0.05) is 6.92 Å². The van der Waals surface area contributed by atoms with Crippen LogP contribution < -0.4 is 10.6 Å². The Morgan fingerprint density at radius 2 is 2.11 bits per heavy atom. The van der Waals surface area contributed by atoms with E-state index in [1.54, 1.807) is 0 Å². The number of carboxylic acids is 1. The number of nitrogens with one attached hydrogen (secondary N) is 2. The van der Waals surface area contributed by atoms with E-state index in [9.17, 15) is 14.0 Å². The second-order valence-electron chi connectivity index (χ2n) is 4.24. The molecule has 0 saturated carbocycles. The van der Waals surface area contributed by atoms with Crippen LogP contribution in [0.5, 0.6) is 0 Å². The maximum absolute atomic E-state index is 13.4. The molecular formula is C13H17FN2O3. The van der Waals surface area contributed by atoms with Gasteiger partial charge in [0, 0.05) is 11.7 Å². The van der Waals surface area contributed by atoms with Crippen LogP contribution in [0.25, 0.3) is 0 Å². The Labute approximate surface area is 110 Å². The molecule has 0 aromatic heterocycles. The van der Waals surface area contributed by atoms with E-state index in [-0.39, 0.29) is 24.2 Å². The third kappa shape index (κ3) is 4.67. The minimum absolute atomic E-state index is 0.122. The molecule has 0 heterocycles.